The van der Waals surface area contributed by atoms with Crippen LogP contribution in [0.1, 0.15) is 25.0 Å². The van der Waals surface area contributed by atoms with Crippen molar-refractivity contribution in [1.82, 2.24) is 4.90 Å². The van der Waals surface area contributed by atoms with Crippen LogP contribution in [0.3, 0.4) is 0 Å². The molecule has 0 spiro atoms. The van der Waals surface area contributed by atoms with E-state index < -0.39 is 0 Å². The molecule has 0 atom stereocenters. The van der Waals surface area contributed by atoms with Gasteiger partial charge in [0.05, 0.1) is 20.4 Å². The number of benzene rings is 1. The van der Waals surface area contributed by atoms with Crippen LogP contribution >= 0.6 is 0 Å². The summed E-state index contributed by atoms with van der Waals surface area (Å²) in [6, 6.07) is 4.14. The van der Waals surface area contributed by atoms with Crippen LogP contribution in [0.25, 0.3) is 0 Å². The van der Waals surface area contributed by atoms with Crippen LogP contribution in [-0.2, 0) is 0 Å². The number of ether oxygens (including phenoxy) is 1. The van der Waals surface area contributed by atoms with Crippen LogP contribution in [0, 0.1) is 13.8 Å². The average molecular weight is 276 g/mol. The molecule has 1 aliphatic heterocycles. The van der Waals surface area contributed by atoms with Gasteiger partial charge in [-0.05, 0) is 51.0 Å². The number of hydrogen-bond acceptors (Lipinski definition) is 4. The maximum Gasteiger partial charge on any atom is 0.119 e. The molecule has 0 aromatic heterocycles. The van der Waals surface area contributed by atoms with Gasteiger partial charge in [-0.25, -0.2) is 0 Å². The maximum atomic E-state index is 9.17. The second-order valence-corrected chi connectivity index (χ2v) is 5.34. The minimum Gasteiger partial charge on any atom is -0.497 e. The average Bonchev–Trinajstić information content (AvgIpc) is 2.67. The number of aliphatic hydroxyl groups excluding tert-OH is 1. The molecule has 0 unspecified atom stereocenters. The van der Waals surface area contributed by atoms with Gasteiger partial charge in [-0.1, -0.05) is 0 Å². The predicted octanol–water partition coefficient (Wildman–Crippen LogP) is 2.64. The summed E-state index contributed by atoms with van der Waals surface area (Å²) < 4.78 is 5.33. The van der Waals surface area contributed by atoms with E-state index in [1.165, 1.54) is 28.2 Å². The lowest BCUT2D eigenvalue weighted by Crippen LogP contribution is -2.30. The molecule has 1 heterocycles. The topological polar surface area (TPSA) is 35.9 Å². The highest BCUT2D eigenvalue weighted by molar-refractivity contribution is 5.65. The van der Waals surface area contributed by atoms with Crippen molar-refractivity contribution in [2.75, 3.05) is 31.8 Å². The van der Waals surface area contributed by atoms with Crippen LogP contribution < -0.4 is 9.64 Å². The Bertz CT molecular complexity index is 514. The first-order valence-corrected chi connectivity index (χ1v) is 6.95. The SMILES string of the molecule is COc1cc(C)c(N2CN(CCO)C(C)=C2C)c(C)c1. The van der Waals surface area contributed by atoms with Crippen LogP contribution in [0.4, 0.5) is 5.69 Å². The Morgan fingerprint density at radius 3 is 2.20 bits per heavy atom. The second-order valence-electron chi connectivity index (χ2n) is 5.34. The minimum absolute atomic E-state index is 0.180. The van der Waals surface area contributed by atoms with Gasteiger partial charge >= 0.3 is 0 Å². The Morgan fingerprint density at radius 2 is 1.70 bits per heavy atom. The van der Waals surface area contributed by atoms with E-state index in [-0.39, 0.29) is 6.61 Å². The molecule has 1 aliphatic rings. The summed E-state index contributed by atoms with van der Waals surface area (Å²) in [5.74, 6) is 0.897. The van der Waals surface area contributed by atoms with Crippen molar-refractivity contribution in [3.63, 3.8) is 0 Å². The Balaban J connectivity index is 2.39. The summed E-state index contributed by atoms with van der Waals surface area (Å²) in [5, 5.41) is 9.17. The number of aryl methyl sites for hydroxylation is 2. The summed E-state index contributed by atoms with van der Waals surface area (Å²) in [6.07, 6.45) is 0. The number of allylic oxidation sites excluding steroid dienone is 2. The van der Waals surface area contributed by atoms with E-state index in [0.29, 0.717) is 6.54 Å². The Hall–Kier alpha value is -1.68. The van der Waals surface area contributed by atoms with Crippen LogP contribution in [-0.4, -0.2) is 36.9 Å². The third-order valence-corrected chi connectivity index (χ3v) is 4.06. The molecule has 0 saturated heterocycles. The Morgan fingerprint density at radius 1 is 1.10 bits per heavy atom. The molecule has 1 aromatic carbocycles. The first kappa shape index (κ1) is 14.7. The van der Waals surface area contributed by atoms with Gasteiger partial charge in [-0.3, -0.25) is 0 Å². The highest BCUT2D eigenvalue weighted by Gasteiger charge is 2.26. The van der Waals surface area contributed by atoms with Gasteiger partial charge in [0.2, 0.25) is 0 Å². The van der Waals surface area contributed by atoms with Crippen molar-refractivity contribution in [2.24, 2.45) is 0 Å². The third kappa shape index (κ3) is 2.48. The molecule has 1 aromatic rings. The second kappa shape index (κ2) is 5.75. The summed E-state index contributed by atoms with van der Waals surface area (Å²) >= 11 is 0. The molecular formula is C16H24N2O2. The highest BCUT2D eigenvalue weighted by atomic mass is 16.5. The molecule has 2 rings (SSSR count). The van der Waals surface area contributed by atoms with E-state index in [9.17, 15) is 0 Å². The van der Waals surface area contributed by atoms with Gasteiger partial charge in [-0.15, -0.1) is 0 Å². The number of rotatable bonds is 4. The summed E-state index contributed by atoms with van der Waals surface area (Å²) in [4.78, 5) is 4.52. The molecule has 1 N–H and O–H groups in total. The van der Waals surface area contributed by atoms with E-state index in [4.69, 9.17) is 9.84 Å². The summed E-state index contributed by atoms with van der Waals surface area (Å²) in [7, 11) is 1.70. The van der Waals surface area contributed by atoms with E-state index in [0.717, 1.165) is 12.4 Å². The van der Waals surface area contributed by atoms with Crippen molar-refractivity contribution < 1.29 is 9.84 Å². The van der Waals surface area contributed by atoms with Gasteiger partial charge in [-0.2, -0.15) is 0 Å². The van der Waals surface area contributed by atoms with Crippen LogP contribution in [0.15, 0.2) is 23.5 Å². The molecule has 4 heteroatoms. The van der Waals surface area contributed by atoms with E-state index in [1.807, 2.05) is 0 Å². The number of hydrogen-bond donors (Lipinski definition) is 1. The summed E-state index contributed by atoms with van der Waals surface area (Å²) in [5.41, 5.74) is 6.13. The largest absolute Gasteiger partial charge is 0.497 e. The summed E-state index contributed by atoms with van der Waals surface area (Å²) in [6.45, 7) is 10.1. The minimum atomic E-state index is 0.180. The van der Waals surface area contributed by atoms with Crippen LogP contribution in [0.5, 0.6) is 5.75 Å². The molecule has 0 aliphatic carbocycles. The van der Waals surface area contributed by atoms with Crippen molar-refractivity contribution in [1.29, 1.82) is 0 Å². The lowest BCUT2D eigenvalue weighted by Gasteiger charge is -2.26. The zero-order valence-electron chi connectivity index (χ0n) is 13.0. The van der Waals surface area contributed by atoms with E-state index in [2.05, 4.69) is 49.6 Å². The molecule has 0 radical (unpaired) electrons. The fraction of sp³-hybridized carbons (Fsp3) is 0.500. The first-order chi connectivity index (χ1) is 9.49. The van der Waals surface area contributed by atoms with Crippen LogP contribution in [0.2, 0.25) is 0 Å². The number of nitrogens with zero attached hydrogens (tertiary/aromatic N) is 2. The standard InChI is InChI=1S/C16H24N2O2/c1-11-8-15(20-5)9-12(2)16(11)18-10-17(6-7-19)13(3)14(18)4/h8-9,19H,6-7,10H2,1-5H3. The lowest BCUT2D eigenvalue weighted by molar-refractivity contribution is 0.236. The van der Waals surface area contributed by atoms with Gasteiger partial charge in [0.25, 0.3) is 0 Å². The van der Waals surface area contributed by atoms with Crippen molar-refractivity contribution in [3.05, 3.63) is 34.7 Å². The first-order valence-electron chi connectivity index (χ1n) is 6.95. The number of aliphatic hydroxyl groups is 1. The Kier molecular flexibility index (Phi) is 4.23. The van der Waals surface area contributed by atoms with Gasteiger partial charge in [0, 0.05) is 23.6 Å². The number of methoxy groups -OCH3 is 1. The predicted molar refractivity (Wildman–Crippen MR) is 82.0 cm³/mol. The Labute approximate surface area is 121 Å². The molecular weight excluding hydrogens is 252 g/mol. The monoisotopic (exact) mass is 276 g/mol. The number of anilines is 1. The van der Waals surface area contributed by atoms with E-state index in [1.54, 1.807) is 7.11 Å². The van der Waals surface area contributed by atoms with Crippen molar-refractivity contribution in [3.8, 4) is 5.75 Å². The molecule has 0 saturated carbocycles. The smallest absolute Gasteiger partial charge is 0.119 e. The van der Waals surface area contributed by atoms with E-state index >= 15 is 0 Å². The van der Waals surface area contributed by atoms with Crippen molar-refractivity contribution >= 4 is 5.69 Å². The number of β-amino-alcohol motifs (C(OH)–C–C–N with tert-alkyl or cyclic N) is 1. The normalized spacial score (nSPS) is 15.3. The molecule has 20 heavy (non-hydrogen) atoms. The molecule has 110 valence electrons. The molecule has 0 fully saturated rings. The van der Waals surface area contributed by atoms with Gasteiger partial charge in [0.15, 0.2) is 0 Å². The fourth-order valence-corrected chi connectivity index (χ4v) is 2.86. The molecule has 0 amide bonds. The maximum absolute atomic E-state index is 9.17. The molecule has 0 bridgehead atoms. The van der Waals surface area contributed by atoms with Gasteiger partial charge in [0.1, 0.15) is 5.75 Å². The lowest BCUT2D eigenvalue weighted by atomic mass is 10.1. The third-order valence-electron chi connectivity index (χ3n) is 4.06. The molecule has 4 nitrogen and oxygen atoms in total. The fourth-order valence-electron chi connectivity index (χ4n) is 2.86. The zero-order chi connectivity index (χ0) is 14.9. The quantitative estimate of drug-likeness (QED) is 0.917. The van der Waals surface area contributed by atoms with Gasteiger partial charge < -0.3 is 19.6 Å². The highest BCUT2D eigenvalue weighted by Crippen LogP contribution is 2.35. The zero-order valence-corrected chi connectivity index (χ0v) is 13.0. The van der Waals surface area contributed by atoms with Crippen molar-refractivity contribution in [2.45, 2.75) is 27.7 Å².